The number of nitrogens with zero attached hydrogens (tertiary/aromatic N) is 6. The SMILES string of the molecule is Cn1cc(/C=C/C(=O)N2CCN(c3oc(-c4ccco4)nc3C#N)CC2)cn1. The molecule has 142 valence electrons. The summed E-state index contributed by atoms with van der Waals surface area (Å²) in [6.07, 6.45) is 8.37. The van der Waals surface area contributed by atoms with Gasteiger partial charge in [0.2, 0.25) is 17.5 Å². The lowest BCUT2D eigenvalue weighted by Gasteiger charge is -2.33. The summed E-state index contributed by atoms with van der Waals surface area (Å²) >= 11 is 0. The molecule has 9 nitrogen and oxygen atoms in total. The Morgan fingerprint density at radius 3 is 2.79 bits per heavy atom. The summed E-state index contributed by atoms with van der Waals surface area (Å²) in [6.45, 7) is 2.15. The van der Waals surface area contributed by atoms with Crippen molar-refractivity contribution in [1.29, 1.82) is 5.26 Å². The van der Waals surface area contributed by atoms with Crippen molar-refractivity contribution in [2.24, 2.45) is 7.05 Å². The van der Waals surface area contributed by atoms with E-state index in [9.17, 15) is 10.1 Å². The van der Waals surface area contributed by atoms with Crippen molar-refractivity contribution in [1.82, 2.24) is 19.7 Å². The van der Waals surface area contributed by atoms with Crippen molar-refractivity contribution in [3.8, 4) is 17.7 Å². The fourth-order valence-corrected chi connectivity index (χ4v) is 3.03. The average molecular weight is 378 g/mol. The van der Waals surface area contributed by atoms with E-state index in [1.807, 2.05) is 18.1 Å². The molecule has 3 aromatic rings. The molecule has 9 heteroatoms. The van der Waals surface area contributed by atoms with Gasteiger partial charge in [-0.25, -0.2) is 0 Å². The molecule has 1 aliphatic rings. The van der Waals surface area contributed by atoms with Crippen LogP contribution in [0, 0.1) is 11.3 Å². The summed E-state index contributed by atoms with van der Waals surface area (Å²) in [6, 6.07) is 5.52. The third-order valence-electron chi connectivity index (χ3n) is 4.47. The van der Waals surface area contributed by atoms with Crippen LogP contribution in [0.4, 0.5) is 5.88 Å². The zero-order valence-corrected chi connectivity index (χ0v) is 15.3. The highest BCUT2D eigenvalue weighted by atomic mass is 16.4. The first-order valence-corrected chi connectivity index (χ1v) is 8.79. The normalized spacial score (nSPS) is 14.6. The second-order valence-corrected chi connectivity index (χ2v) is 6.35. The van der Waals surface area contributed by atoms with Crippen molar-refractivity contribution < 1.29 is 13.6 Å². The van der Waals surface area contributed by atoms with E-state index in [1.54, 1.807) is 40.1 Å². The van der Waals surface area contributed by atoms with Crippen LogP contribution in [0.2, 0.25) is 0 Å². The molecule has 0 N–H and O–H groups in total. The van der Waals surface area contributed by atoms with E-state index in [4.69, 9.17) is 8.83 Å². The van der Waals surface area contributed by atoms with Crippen LogP contribution < -0.4 is 4.90 Å². The number of hydrogen-bond donors (Lipinski definition) is 0. The molecule has 0 spiro atoms. The fraction of sp³-hybridized carbons (Fsp3) is 0.263. The zero-order valence-electron chi connectivity index (χ0n) is 15.3. The first-order chi connectivity index (χ1) is 13.6. The maximum Gasteiger partial charge on any atom is 0.266 e. The molecule has 0 atom stereocenters. The highest BCUT2D eigenvalue weighted by Gasteiger charge is 2.26. The number of hydrogen-bond acceptors (Lipinski definition) is 7. The Balaban J connectivity index is 1.41. The molecule has 0 aromatic carbocycles. The number of amides is 1. The van der Waals surface area contributed by atoms with Gasteiger partial charge < -0.3 is 18.6 Å². The highest BCUT2D eigenvalue weighted by Crippen LogP contribution is 2.29. The Bertz CT molecular complexity index is 1030. The molecule has 4 rings (SSSR count). The molecule has 0 saturated carbocycles. The molecule has 28 heavy (non-hydrogen) atoms. The van der Waals surface area contributed by atoms with E-state index < -0.39 is 0 Å². The maximum absolute atomic E-state index is 12.4. The summed E-state index contributed by atoms with van der Waals surface area (Å²) < 4.78 is 12.7. The first kappa shape index (κ1) is 17.6. The Morgan fingerprint density at radius 1 is 1.32 bits per heavy atom. The highest BCUT2D eigenvalue weighted by molar-refractivity contribution is 5.91. The van der Waals surface area contributed by atoms with Crippen LogP contribution in [0.3, 0.4) is 0 Å². The predicted octanol–water partition coefficient (Wildman–Crippen LogP) is 1.90. The van der Waals surface area contributed by atoms with Gasteiger partial charge in [0.15, 0.2) is 5.76 Å². The summed E-state index contributed by atoms with van der Waals surface area (Å²) in [5, 5.41) is 13.4. The first-order valence-electron chi connectivity index (χ1n) is 8.79. The summed E-state index contributed by atoms with van der Waals surface area (Å²) in [5.74, 6) is 1.09. The van der Waals surface area contributed by atoms with E-state index in [0.717, 1.165) is 5.56 Å². The largest absolute Gasteiger partial charge is 0.459 e. The van der Waals surface area contributed by atoms with E-state index in [-0.39, 0.29) is 17.5 Å². The number of rotatable bonds is 4. The number of aryl methyl sites for hydroxylation is 1. The molecular weight excluding hydrogens is 360 g/mol. The van der Waals surface area contributed by atoms with Gasteiger partial charge in [-0.2, -0.15) is 15.3 Å². The van der Waals surface area contributed by atoms with E-state index in [1.165, 1.54) is 6.26 Å². The monoisotopic (exact) mass is 378 g/mol. The van der Waals surface area contributed by atoms with Crippen LogP contribution in [0.25, 0.3) is 17.7 Å². The third-order valence-corrected chi connectivity index (χ3v) is 4.47. The molecule has 4 heterocycles. The lowest BCUT2D eigenvalue weighted by atomic mass is 10.2. The number of nitriles is 1. The van der Waals surface area contributed by atoms with Gasteiger partial charge in [-0.3, -0.25) is 9.48 Å². The van der Waals surface area contributed by atoms with Gasteiger partial charge in [-0.05, 0) is 18.2 Å². The minimum Gasteiger partial charge on any atom is -0.459 e. The molecule has 0 unspecified atom stereocenters. The second-order valence-electron chi connectivity index (χ2n) is 6.35. The van der Waals surface area contributed by atoms with Gasteiger partial charge in [-0.15, -0.1) is 0 Å². The Hall–Kier alpha value is -3.80. The van der Waals surface area contributed by atoms with Crippen LogP contribution in [-0.2, 0) is 11.8 Å². The molecule has 1 amide bonds. The van der Waals surface area contributed by atoms with Crippen molar-refractivity contribution in [3.05, 3.63) is 48.1 Å². The van der Waals surface area contributed by atoms with Crippen LogP contribution >= 0.6 is 0 Å². The molecule has 0 radical (unpaired) electrons. The Morgan fingerprint density at radius 2 is 2.14 bits per heavy atom. The van der Waals surface area contributed by atoms with Gasteiger partial charge in [0.05, 0.1) is 12.5 Å². The summed E-state index contributed by atoms with van der Waals surface area (Å²) in [7, 11) is 1.83. The average Bonchev–Trinajstić information content (AvgIpc) is 3.46. The zero-order chi connectivity index (χ0) is 19.5. The van der Waals surface area contributed by atoms with Gasteiger partial charge in [0.25, 0.3) is 5.89 Å². The number of furan rings is 1. The summed E-state index contributed by atoms with van der Waals surface area (Å²) in [5.41, 5.74) is 1.09. The number of anilines is 1. The number of carbonyl (C=O) groups is 1. The van der Waals surface area contributed by atoms with Gasteiger partial charge in [-0.1, -0.05) is 0 Å². The van der Waals surface area contributed by atoms with Crippen LogP contribution in [-0.4, -0.2) is 51.8 Å². The topological polar surface area (TPSA) is 104 Å². The molecular formula is C19H18N6O3. The minimum absolute atomic E-state index is 0.0575. The molecule has 0 aliphatic carbocycles. The van der Waals surface area contributed by atoms with Gasteiger partial charge in [0.1, 0.15) is 6.07 Å². The van der Waals surface area contributed by atoms with Crippen molar-refractivity contribution >= 4 is 17.9 Å². The Labute approximate surface area is 161 Å². The second kappa shape index (κ2) is 7.44. The van der Waals surface area contributed by atoms with E-state index >= 15 is 0 Å². The minimum atomic E-state index is -0.0575. The molecule has 1 aliphatic heterocycles. The smallest absolute Gasteiger partial charge is 0.266 e. The van der Waals surface area contributed by atoms with Gasteiger partial charge >= 0.3 is 0 Å². The van der Waals surface area contributed by atoms with Crippen LogP contribution in [0.1, 0.15) is 11.3 Å². The quantitative estimate of drug-likeness (QED) is 0.639. The van der Waals surface area contributed by atoms with Crippen molar-refractivity contribution in [2.75, 3.05) is 31.1 Å². The van der Waals surface area contributed by atoms with Gasteiger partial charge in [0, 0.05) is 51.1 Å². The maximum atomic E-state index is 12.4. The molecule has 1 fully saturated rings. The van der Waals surface area contributed by atoms with Crippen molar-refractivity contribution in [2.45, 2.75) is 0 Å². The number of piperazine rings is 1. The summed E-state index contributed by atoms with van der Waals surface area (Å²) in [4.78, 5) is 20.3. The van der Waals surface area contributed by atoms with Crippen molar-refractivity contribution in [3.63, 3.8) is 0 Å². The Kier molecular flexibility index (Phi) is 4.68. The number of carbonyl (C=O) groups excluding carboxylic acids is 1. The van der Waals surface area contributed by atoms with E-state index in [0.29, 0.717) is 37.8 Å². The van der Waals surface area contributed by atoms with E-state index in [2.05, 4.69) is 16.2 Å². The van der Waals surface area contributed by atoms with Crippen LogP contribution in [0.15, 0.2) is 45.7 Å². The fourth-order valence-electron chi connectivity index (χ4n) is 3.03. The standard InChI is InChI=1S/C19H18N6O3/c1-23-13-14(12-21-23)4-5-17(26)24-6-8-25(9-7-24)19-15(11-20)22-18(28-19)16-3-2-10-27-16/h2-5,10,12-13H,6-9H2,1H3/b5-4+. The number of oxazole rings is 1. The predicted molar refractivity (Wildman–Crippen MR) is 100.0 cm³/mol. The number of aromatic nitrogens is 3. The molecule has 0 bridgehead atoms. The van der Waals surface area contributed by atoms with Crippen LogP contribution in [0.5, 0.6) is 0 Å². The third kappa shape index (κ3) is 3.53. The lowest BCUT2D eigenvalue weighted by Crippen LogP contribution is -2.48. The lowest BCUT2D eigenvalue weighted by molar-refractivity contribution is -0.126. The molecule has 3 aromatic heterocycles. The molecule has 1 saturated heterocycles.